The highest BCUT2D eigenvalue weighted by molar-refractivity contribution is 6.36. The van der Waals surface area contributed by atoms with Crippen molar-refractivity contribution in [3.63, 3.8) is 0 Å². The van der Waals surface area contributed by atoms with Crippen molar-refractivity contribution in [2.75, 3.05) is 5.32 Å². The third kappa shape index (κ3) is 3.00. The van der Waals surface area contributed by atoms with Crippen molar-refractivity contribution in [2.45, 2.75) is 13.3 Å². The van der Waals surface area contributed by atoms with Crippen molar-refractivity contribution in [1.82, 2.24) is 9.97 Å². The Bertz CT molecular complexity index is 1070. The van der Waals surface area contributed by atoms with Crippen molar-refractivity contribution in [3.8, 4) is 17.2 Å². The fourth-order valence-corrected chi connectivity index (χ4v) is 3.36. The van der Waals surface area contributed by atoms with Crippen LogP contribution >= 0.6 is 11.6 Å². The second-order valence-corrected chi connectivity index (χ2v) is 6.91. The first kappa shape index (κ1) is 16.5. The highest BCUT2D eigenvalue weighted by Gasteiger charge is 2.43. The van der Waals surface area contributed by atoms with Crippen LogP contribution in [0.4, 0.5) is 5.82 Å². The van der Waals surface area contributed by atoms with E-state index < -0.39 is 0 Å². The molecule has 0 saturated heterocycles. The molecule has 1 N–H and O–H groups in total. The number of pyridine rings is 2. The number of aromatic nitrogens is 2. The summed E-state index contributed by atoms with van der Waals surface area (Å²) in [5.41, 5.74) is 3.10. The second-order valence-electron chi connectivity index (χ2n) is 6.51. The van der Waals surface area contributed by atoms with Gasteiger partial charge in [0.25, 0.3) is 0 Å². The van der Waals surface area contributed by atoms with E-state index in [2.05, 4.69) is 21.4 Å². The summed E-state index contributed by atoms with van der Waals surface area (Å²) in [7, 11) is 0. The van der Waals surface area contributed by atoms with Gasteiger partial charge in [0.1, 0.15) is 5.82 Å². The lowest BCUT2D eigenvalue weighted by molar-refractivity contribution is -0.117. The minimum atomic E-state index is -0.230. The molecular weight excluding hydrogens is 348 g/mol. The summed E-state index contributed by atoms with van der Waals surface area (Å²) in [5, 5.41) is 14.0. The van der Waals surface area contributed by atoms with Crippen molar-refractivity contribution in [1.29, 1.82) is 5.26 Å². The van der Waals surface area contributed by atoms with E-state index in [0.717, 1.165) is 27.5 Å². The van der Waals surface area contributed by atoms with Gasteiger partial charge in [0, 0.05) is 24.0 Å². The number of fused-ring (bicyclic) bond motifs is 1. The lowest BCUT2D eigenvalue weighted by Gasteiger charge is -2.10. The number of carbonyl (C=O) groups excluding carboxylic acids is 1. The van der Waals surface area contributed by atoms with Gasteiger partial charge in [0.05, 0.1) is 22.9 Å². The monoisotopic (exact) mass is 362 g/mol. The number of anilines is 1. The Kier molecular flexibility index (Phi) is 4.06. The van der Waals surface area contributed by atoms with E-state index in [-0.39, 0.29) is 17.7 Å². The standard InChI is InChI=1S/C20H15ClN4O/c1-11-9-23-3-2-15(11)12-4-13-7-19(24-10-17(13)18(21)6-12)25-20(26)16-5-14(16)8-22/h2-4,6-7,9-10,14,16H,5H2,1H3,(H,24,25,26)/t14-,16+/m0/s1. The first-order valence-electron chi connectivity index (χ1n) is 8.27. The molecule has 1 amide bonds. The summed E-state index contributed by atoms with van der Waals surface area (Å²) in [6.07, 6.45) is 5.84. The average Bonchev–Trinajstić information content (AvgIpc) is 3.42. The SMILES string of the molecule is Cc1cnccc1-c1cc(Cl)c2cnc(NC(=O)[C@@H]3C[C@H]3C#N)cc2c1. The Balaban J connectivity index is 1.70. The fourth-order valence-electron chi connectivity index (χ4n) is 3.08. The Morgan fingerprint density at radius 2 is 2.19 bits per heavy atom. The van der Waals surface area contributed by atoms with Gasteiger partial charge >= 0.3 is 0 Å². The van der Waals surface area contributed by atoms with Gasteiger partial charge in [-0.1, -0.05) is 11.6 Å². The number of amides is 1. The van der Waals surface area contributed by atoms with E-state index in [1.807, 2.05) is 37.4 Å². The summed E-state index contributed by atoms with van der Waals surface area (Å²) in [6, 6.07) is 9.81. The molecule has 26 heavy (non-hydrogen) atoms. The number of nitrogens with zero attached hydrogens (tertiary/aromatic N) is 3. The molecule has 128 valence electrons. The molecule has 4 rings (SSSR count). The molecule has 1 saturated carbocycles. The molecule has 1 aliphatic rings. The van der Waals surface area contributed by atoms with Gasteiger partial charge < -0.3 is 5.32 Å². The van der Waals surface area contributed by atoms with E-state index in [1.165, 1.54) is 0 Å². The molecule has 2 aromatic heterocycles. The van der Waals surface area contributed by atoms with Gasteiger partial charge in [-0.2, -0.15) is 5.26 Å². The first-order chi connectivity index (χ1) is 12.6. The molecule has 2 atom stereocenters. The molecule has 0 spiro atoms. The number of aryl methyl sites for hydroxylation is 1. The lowest BCUT2D eigenvalue weighted by Crippen LogP contribution is -2.15. The quantitative estimate of drug-likeness (QED) is 0.750. The molecule has 0 aliphatic heterocycles. The van der Waals surface area contributed by atoms with Crippen LogP contribution in [0.3, 0.4) is 0 Å². The van der Waals surface area contributed by atoms with Gasteiger partial charge in [-0.25, -0.2) is 4.98 Å². The number of benzene rings is 1. The third-order valence-electron chi connectivity index (χ3n) is 4.66. The van der Waals surface area contributed by atoms with Crippen LogP contribution < -0.4 is 5.32 Å². The number of hydrogen-bond donors (Lipinski definition) is 1. The molecule has 0 radical (unpaired) electrons. The Morgan fingerprint density at radius 1 is 1.35 bits per heavy atom. The molecule has 5 nitrogen and oxygen atoms in total. The Morgan fingerprint density at radius 3 is 2.92 bits per heavy atom. The minimum absolute atomic E-state index is 0.157. The highest BCUT2D eigenvalue weighted by atomic mass is 35.5. The molecule has 3 aromatic rings. The predicted octanol–water partition coefficient (Wildman–Crippen LogP) is 4.36. The number of rotatable bonds is 3. The van der Waals surface area contributed by atoms with Gasteiger partial charge in [0.15, 0.2) is 0 Å². The molecule has 2 heterocycles. The van der Waals surface area contributed by atoms with Crippen LogP contribution in [-0.4, -0.2) is 15.9 Å². The van der Waals surface area contributed by atoms with Crippen LogP contribution in [0.5, 0.6) is 0 Å². The van der Waals surface area contributed by atoms with E-state index in [1.54, 1.807) is 12.4 Å². The average molecular weight is 363 g/mol. The van der Waals surface area contributed by atoms with Crippen LogP contribution in [0.2, 0.25) is 5.02 Å². The Labute approximate surface area is 155 Å². The van der Waals surface area contributed by atoms with Gasteiger partial charge in [0.2, 0.25) is 5.91 Å². The van der Waals surface area contributed by atoms with Crippen molar-refractivity contribution >= 4 is 34.1 Å². The van der Waals surface area contributed by atoms with E-state index in [9.17, 15) is 4.79 Å². The van der Waals surface area contributed by atoms with Gasteiger partial charge in [-0.05, 0) is 59.7 Å². The zero-order valence-electron chi connectivity index (χ0n) is 14.0. The van der Waals surface area contributed by atoms with E-state index >= 15 is 0 Å². The summed E-state index contributed by atoms with van der Waals surface area (Å²) < 4.78 is 0. The molecule has 1 aliphatic carbocycles. The Hall–Kier alpha value is -2.97. The number of halogens is 1. The molecule has 0 unspecified atom stereocenters. The van der Waals surface area contributed by atoms with Crippen molar-refractivity contribution < 1.29 is 4.79 Å². The molecule has 1 aromatic carbocycles. The molecule has 6 heteroatoms. The van der Waals surface area contributed by atoms with Crippen LogP contribution in [0.1, 0.15) is 12.0 Å². The maximum Gasteiger partial charge on any atom is 0.230 e. The van der Waals surface area contributed by atoms with Crippen LogP contribution in [0.25, 0.3) is 21.9 Å². The number of hydrogen-bond acceptors (Lipinski definition) is 4. The summed E-state index contributed by atoms with van der Waals surface area (Å²) in [5.74, 6) is -0.0977. The highest BCUT2D eigenvalue weighted by Crippen LogP contribution is 2.38. The van der Waals surface area contributed by atoms with Crippen LogP contribution in [0.15, 0.2) is 42.9 Å². The number of nitrogens with one attached hydrogen (secondary N) is 1. The maximum absolute atomic E-state index is 12.1. The summed E-state index contributed by atoms with van der Waals surface area (Å²) in [6.45, 7) is 2.00. The van der Waals surface area contributed by atoms with Gasteiger partial charge in [-0.3, -0.25) is 9.78 Å². The predicted molar refractivity (Wildman–Crippen MR) is 101 cm³/mol. The first-order valence-corrected chi connectivity index (χ1v) is 8.65. The number of nitriles is 1. The maximum atomic E-state index is 12.1. The second kappa shape index (κ2) is 6.40. The fraction of sp³-hybridized carbons (Fsp3) is 0.200. The van der Waals surface area contributed by atoms with Crippen molar-refractivity contribution in [3.05, 3.63) is 53.4 Å². The number of carbonyl (C=O) groups is 1. The van der Waals surface area contributed by atoms with Crippen LogP contribution in [0, 0.1) is 30.1 Å². The van der Waals surface area contributed by atoms with Crippen molar-refractivity contribution in [2.24, 2.45) is 11.8 Å². The van der Waals surface area contributed by atoms with E-state index in [0.29, 0.717) is 17.3 Å². The smallest absolute Gasteiger partial charge is 0.230 e. The van der Waals surface area contributed by atoms with Crippen LogP contribution in [-0.2, 0) is 4.79 Å². The zero-order chi connectivity index (χ0) is 18.3. The zero-order valence-corrected chi connectivity index (χ0v) is 14.8. The van der Waals surface area contributed by atoms with Gasteiger partial charge in [-0.15, -0.1) is 0 Å². The van der Waals surface area contributed by atoms with E-state index in [4.69, 9.17) is 16.9 Å². The molecule has 0 bridgehead atoms. The summed E-state index contributed by atoms with van der Waals surface area (Å²) >= 11 is 6.44. The molecule has 1 fully saturated rings. The molecular formula is C20H15ClN4O. The third-order valence-corrected chi connectivity index (χ3v) is 4.97. The normalized spacial score (nSPS) is 18.3. The minimum Gasteiger partial charge on any atom is -0.310 e. The topological polar surface area (TPSA) is 78.7 Å². The lowest BCUT2D eigenvalue weighted by atomic mass is 10.00. The summed E-state index contributed by atoms with van der Waals surface area (Å²) in [4.78, 5) is 20.5. The largest absolute Gasteiger partial charge is 0.310 e.